The second-order valence-corrected chi connectivity index (χ2v) is 4.18. The zero-order chi connectivity index (χ0) is 12.1. The lowest BCUT2D eigenvalue weighted by Crippen LogP contribution is -2.24. The molecule has 0 aromatic carbocycles. The number of hydrogen-bond donors (Lipinski definition) is 3. The molecule has 17 heavy (non-hydrogen) atoms. The van der Waals surface area contributed by atoms with Crippen LogP contribution in [-0.4, -0.2) is 35.2 Å². The normalized spacial score (nSPS) is 19.2. The largest absolute Gasteiger partial charge is 0.369 e. The van der Waals surface area contributed by atoms with Crippen LogP contribution in [0.15, 0.2) is 12.1 Å². The number of aromatic nitrogens is 2. The fraction of sp³-hybridized carbons (Fsp3) is 0.545. The Morgan fingerprint density at radius 1 is 1.53 bits per heavy atom. The Kier molecular flexibility index (Phi) is 3.87. The molecule has 2 rings (SSSR count). The smallest absolute Gasteiger partial charge is 0.269 e. The number of nitrogens with one attached hydrogen (secondary N) is 2. The number of hydrogen-bond acceptors (Lipinski definition) is 5. The third-order valence-electron chi connectivity index (χ3n) is 2.88. The van der Waals surface area contributed by atoms with Gasteiger partial charge in [-0.25, -0.2) is 0 Å². The first-order valence-corrected chi connectivity index (χ1v) is 5.86. The lowest BCUT2D eigenvalue weighted by Gasteiger charge is -2.10. The molecule has 0 aliphatic carbocycles. The maximum Gasteiger partial charge on any atom is 0.269 e. The second kappa shape index (κ2) is 5.58. The van der Waals surface area contributed by atoms with Crippen molar-refractivity contribution in [2.45, 2.75) is 25.3 Å². The quantitative estimate of drug-likeness (QED) is 0.674. The molecule has 1 amide bonds. The predicted molar refractivity (Wildman–Crippen MR) is 64.7 cm³/mol. The van der Waals surface area contributed by atoms with Gasteiger partial charge in [-0.3, -0.25) is 4.79 Å². The molecule has 1 fully saturated rings. The second-order valence-electron chi connectivity index (χ2n) is 4.18. The Morgan fingerprint density at radius 2 is 2.41 bits per heavy atom. The number of nitrogens with zero attached hydrogens (tertiary/aromatic N) is 2. The average molecular weight is 235 g/mol. The summed E-state index contributed by atoms with van der Waals surface area (Å²) in [6.07, 6.45) is 3.57. The predicted octanol–water partition coefficient (Wildman–Crippen LogP) is 0.129. The Hall–Kier alpha value is -1.69. The van der Waals surface area contributed by atoms with Crippen LogP contribution in [0.25, 0.3) is 0 Å². The highest BCUT2D eigenvalue weighted by molar-refractivity contribution is 5.90. The molecule has 1 saturated heterocycles. The number of anilines is 1. The number of primary amides is 1. The summed E-state index contributed by atoms with van der Waals surface area (Å²) in [6, 6.07) is 3.90. The molecule has 0 unspecified atom stereocenters. The van der Waals surface area contributed by atoms with Crippen molar-refractivity contribution in [3.05, 3.63) is 17.8 Å². The van der Waals surface area contributed by atoms with E-state index in [1.54, 1.807) is 12.1 Å². The first-order chi connectivity index (χ1) is 8.25. The van der Waals surface area contributed by atoms with Crippen LogP contribution in [0.1, 0.15) is 29.8 Å². The molecule has 92 valence electrons. The average Bonchev–Trinajstić information content (AvgIpc) is 2.83. The van der Waals surface area contributed by atoms with Gasteiger partial charge >= 0.3 is 0 Å². The molecule has 1 atom stereocenters. The lowest BCUT2D eigenvalue weighted by atomic mass is 10.1. The van der Waals surface area contributed by atoms with Crippen LogP contribution in [0, 0.1) is 0 Å². The first-order valence-electron chi connectivity index (χ1n) is 5.86. The molecular weight excluding hydrogens is 218 g/mol. The summed E-state index contributed by atoms with van der Waals surface area (Å²) in [6.45, 7) is 1.97. The molecule has 4 N–H and O–H groups in total. The van der Waals surface area contributed by atoms with E-state index in [-0.39, 0.29) is 5.69 Å². The molecular formula is C11H17N5O. The molecule has 1 aromatic rings. The summed E-state index contributed by atoms with van der Waals surface area (Å²) in [5.74, 6) is 0.118. The minimum Gasteiger partial charge on any atom is -0.369 e. The topological polar surface area (TPSA) is 92.9 Å². The minimum absolute atomic E-state index is 0.188. The number of carbonyl (C=O) groups excluding carboxylic acids is 1. The van der Waals surface area contributed by atoms with Crippen molar-refractivity contribution in [3.63, 3.8) is 0 Å². The van der Waals surface area contributed by atoms with E-state index in [1.165, 1.54) is 12.8 Å². The van der Waals surface area contributed by atoms with Crippen LogP contribution < -0.4 is 16.4 Å². The first kappa shape index (κ1) is 11.8. The molecule has 1 aliphatic heterocycles. The summed E-state index contributed by atoms with van der Waals surface area (Å²) in [5, 5.41) is 14.2. The molecule has 6 nitrogen and oxygen atoms in total. The van der Waals surface area contributed by atoms with E-state index in [1.807, 2.05) is 0 Å². The molecule has 0 saturated carbocycles. The molecule has 0 spiro atoms. The Bertz CT molecular complexity index is 372. The van der Waals surface area contributed by atoms with Crippen LogP contribution in [0.3, 0.4) is 0 Å². The van der Waals surface area contributed by atoms with Gasteiger partial charge in [0.05, 0.1) is 0 Å². The van der Waals surface area contributed by atoms with Crippen molar-refractivity contribution in [1.82, 2.24) is 15.5 Å². The summed E-state index contributed by atoms with van der Waals surface area (Å²) >= 11 is 0. The minimum atomic E-state index is -0.556. The molecule has 1 aliphatic rings. The molecule has 0 bridgehead atoms. The number of nitrogens with two attached hydrogens (primary N) is 1. The van der Waals surface area contributed by atoms with Crippen molar-refractivity contribution in [1.29, 1.82) is 0 Å². The van der Waals surface area contributed by atoms with Crippen LogP contribution in [0.5, 0.6) is 0 Å². The van der Waals surface area contributed by atoms with E-state index in [2.05, 4.69) is 20.8 Å². The van der Waals surface area contributed by atoms with Crippen LogP contribution in [0.2, 0.25) is 0 Å². The van der Waals surface area contributed by atoms with E-state index >= 15 is 0 Å². The van der Waals surface area contributed by atoms with Crippen molar-refractivity contribution in [3.8, 4) is 0 Å². The maximum atomic E-state index is 10.8. The number of amides is 1. The van der Waals surface area contributed by atoms with Crippen molar-refractivity contribution in [2.75, 3.05) is 18.4 Å². The maximum absolute atomic E-state index is 10.8. The fourth-order valence-electron chi connectivity index (χ4n) is 1.94. The highest BCUT2D eigenvalue weighted by Crippen LogP contribution is 2.09. The van der Waals surface area contributed by atoms with Gasteiger partial charge in [0.25, 0.3) is 5.91 Å². The van der Waals surface area contributed by atoms with Gasteiger partial charge in [0.15, 0.2) is 5.69 Å². The van der Waals surface area contributed by atoms with E-state index in [0.717, 1.165) is 19.5 Å². The molecule has 1 aromatic heterocycles. The van der Waals surface area contributed by atoms with E-state index in [0.29, 0.717) is 11.9 Å². The summed E-state index contributed by atoms with van der Waals surface area (Å²) in [5.41, 5.74) is 5.26. The Labute approximate surface area is 100.0 Å². The van der Waals surface area contributed by atoms with Gasteiger partial charge < -0.3 is 16.4 Å². The fourth-order valence-corrected chi connectivity index (χ4v) is 1.94. The summed E-state index contributed by atoms with van der Waals surface area (Å²) in [7, 11) is 0. The third-order valence-corrected chi connectivity index (χ3v) is 2.88. The van der Waals surface area contributed by atoms with Gasteiger partial charge in [0.1, 0.15) is 5.82 Å². The van der Waals surface area contributed by atoms with E-state index in [4.69, 9.17) is 5.73 Å². The van der Waals surface area contributed by atoms with E-state index < -0.39 is 5.91 Å². The van der Waals surface area contributed by atoms with Gasteiger partial charge in [0.2, 0.25) is 0 Å². The van der Waals surface area contributed by atoms with Crippen LogP contribution in [0.4, 0.5) is 5.82 Å². The monoisotopic (exact) mass is 235 g/mol. The van der Waals surface area contributed by atoms with Crippen LogP contribution in [-0.2, 0) is 0 Å². The SMILES string of the molecule is NC(=O)c1ccc(NCC[C@H]2CCCN2)nn1. The van der Waals surface area contributed by atoms with Crippen LogP contribution >= 0.6 is 0 Å². The van der Waals surface area contributed by atoms with E-state index in [9.17, 15) is 4.79 Å². The molecule has 6 heteroatoms. The summed E-state index contributed by atoms with van der Waals surface area (Å²) < 4.78 is 0. The molecule has 2 heterocycles. The van der Waals surface area contributed by atoms with Crippen molar-refractivity contribution < 1.29 is 4.79 Å². The standard InChI is InChI=1S/C11H17N5O/c12-11(17)9-3-4-10(16-15-9)14-7-5-8-2-1-6-13-8/h3-4,8,13H,1-2,5-7H2,(H2,12,17)(H,14,16)/t8-/m1/s1. The highest BCUT2D eigenvalue weighted by Gasteiger charge is 2.13. The van der Waals surface area contributed by atoms with Crippen molar-refractivity contribution in [2.24, 2.45) is 5.73 Å². The zero-order valence-corrected chi connectivity index (χ0v) is 9.65. The van der Waals surface area contributed by atoms with Gasteiger partial charge in [-0.15, -0.1) is 10.2 Å². The molecule has 0 radical (unpaired) electrons. The van der Waals surface area contributed by atoms with Gasteiger partial charge in [-0.05, 0) is 37.9 Å². The third kappa shape index (κ3) is 3.39. The van der Waals surface area contributed by atoms with Gasteiger partial charge in [0, 0.05) is 12.6 Å². The Morgan fingerprint density at radius 3 is 3.00 bits per heavy atom. The summed E-state index contributed by atoms with van der Waals surface area (Å²) in [4.78, 5) is 10.8. The lowest BCUT2D eigenvalue weighted by molar-refractivity contribution is 0.0994. The zero-order valence-electron chi connectivity index (χ0n) is 9.65. The van der Waals surface area contributed by atoms with Crippen molar-refractivity contribution >= 4 is 11.7 Å². The highest BCUT2D eigenvalue weighted by atomic mass is 16.1. The number of rotatable bonds is 5. The Balaban J connectivity index is 1.76. The number of carbonyl (C=O) groups is 1. The van der Waals surface area contributed by atoms with Gasteiger partial charge in [-0.1, -0.05) is 0 Å². The van der Waals surface area contributed by atoms with Gasteiger partial charge in [-0.2, -0.15) is 0 Å².